The van der Waals surface area contributed by atoms with E-state index in [0.717, 1.165) is 0 Å². The summed E-state index contributed by atoms with van der Waals surface area (Å²) in [4.78, 5) is 23.4. The van der Waals surface area contributed by atoms with Crippen LogP contribution in [-0.2, 0) is 9.53 Å². The standard InChI is InChI=1S/C21H33N3O8/c25-12-15-16(26)17(27)18(28)20(32-15)24-9-5-4-8-14(21(30)31)22-10-11-23-19(29)13-6-2-1-3-7-13/h1-3,6-7,14-18,20,22,24-28H,4-5,8-12H2,(H,23,29)(H,30,31)/t14-,15+,16+,17-,18+,20?/m0/s1. The molecule has 0 aliphatic carbocycles. The minimum Gasteiger partial charge on any atom is -0.480 e. The molecule has 1 aromatic carbocycles. The molecular formula is C21H33N3O8. The molecule has 1 saturated heterocycles. The molecule has 11 nitrogen and oxygen atoms in total. The number of nitrogens with one attached hydrogen (secondary N) is 3. The van der Waals surface area contributed by atoms with Crippen LogP contribution in [0, 0.1) is 0 Å². The van der Waals surface area contributed by atoms with E-state index in [0.29, 0.717) is 37.9 Å². The Balaban J connectivity index is 1.63. The fourth-order valence-corrected chi connectivity index (χ4v) is 3.41. The monoisotopic (exact) mass is 455 g/mol. The van der Waals surface area contributed by atoms with Crippen molar-refractivity contribution in [2.45, 2.75) is 55.9 Å². The summed E-state index contributed by atoms with van der Waals surface area (Å²) in [6, 6.07) is 7.97. The zero-order valence-electron chi connectivity index (χ0n) is 17.8. The molecule has 0 bridgehead atoms. The Morgan fingerprint density at radius 2 is 1.69 bits per heavy atom. The number of amides is 1. The van der Waals surface area contributed by atoms with Crippen LogP contribution in [0.4, 0.5) is 0 Å². The first-order valence-corrected chi connectivity index (χ1v) is 10.7. The summed E-state index contributed by atoms with van der Waals surface area (Å²) in [7, 11) is 0. The molecule has 1 unspecified atom stereocenters. The molecule has 11 heteroatoms. The lowest BCUT2D eigenvalue weighted by atomic mass is 9.98. The second-order valence-corrected chi connectivity index (χ2v) is 7.67. The predicted octanol–water partition coefficient (Wildman–Crippen LogP) is -1.98. The minimum absolute atomic E-state index is 0.224. The van der Waals surface area contributed by atoms with E-state index < -0.39 is 49.3 Å². The third kappa shape index (κ3) is 7.78. The van der Waals surface area contributed by atoms with E-state index in [1.807, 2.05) is 6.07 Å². The molecule has 0 aromatic heterocycles. The molecule has 0 saturated carbocycles. The van der Waals surface area contributed by atoms with Crippen molar-refractivity contribution in [3.05, 3.63) is 35.9 Å². The second-order valence-electron chi connectivity index (χ2n) is 7.67. The number of unbranched alkanes of at least 4 members (excludes halogenated alkanes) is 1. The van der Waals surface area contributed by atoms with Crippen molar-refractivity contribution in [1.82, 2.24) is 16.0 Å². The van der Waals surface area contributed by atoms with Gasteiger partial charge in [0.1, 0.15) is 36.7 Å². The average molecular weight is 456 g/mol. The summed E-state index contributed by atoms with van der Waals surface area (Å²) in [5, 5.41) is 56.6. The molecule has 1 aliphatic rings. The number of aliphatic hydroxyl groups is 4. The van der Waals surface area contributed by atoms with Crippen LogP contribution in [0.5, 0.6) is 0 Å². The summed E-state index contributed by atoms with van der Waals surface area (Å²) in [6.45, 7) is 0.470. The summed E-state index contributed by atoms with van der Waals surface area (Å²) < 4.78 is 5.35. The molecule has 180 valence electrons. The van der Waals surface area contributed by atoms with Gasteiger partial charge in [0.05, 0.1) is 6.61 Å². The molecule has 1 heterocycles. The molecule has 6 atom stereocenters. The van der Waals surface area contributed by atoms with Gasteiger partial charge >= 0.3 is 5.97 Å². The van der Waals surface area contributed by atoms with E-state index in [1.54, 1.807) is 24.3 Å². The Morgan fingerprint density at radius 1 is 0.969 bits per heavy atom. The molecule has 1 amide bonds. The lowest BCUT2D eigenvalue weighted by Crippen LogP contribution is -2.62. The number of carbonyl (C=O) groups excluding carboxylic acids is 1. The van der Waals surface area contributed by atoms with Crippen LogP contribution in [0.2, 0.25) is 0 Å². The number of benzene rings is 1. The number of hydrogen-bond donors (Lipinski definition) is 8. The van der Waals surface area contributed by atoms with Crippen LogP contribution < -0.4 is 16.0 Å². The maximum atomic E-state index is 12.0. The fraction of sp³-hybridized carbons (Fsp3) is 0.619. The van der Waals surface area contributed by atoms with E-state index in [2.05, 4.69) is 16.0 Å². The lowest BCUT2D eigenvalue weighted by molar-refractivity contribution is -0.236. The first-order valence-electron chi connectivity index (χ1n) is 10.7. The Kier molecular flexibility index (Phi) is 11.0. The Bertz CT molecular complexity index is 706. The maximum absolute atomic E-state index is 12.0. The third-order valence-electron chi connectivity index (χ3n) is 5.29. The van der Waals surface area contributed by atoms with Crippen LogP contribution in [0.1, 0.15) is 29.6 Å². The van der Waals surface area contributed by atoms with Gasteiger partial charge in [0.15, 0.2) is 0 Å². The number of aliphatic hydroxyl groups excluding tert-OH is 4. The van der Waals surface area contributed by atoms with Gasteiger partial charge in [-0.3, -0.25) is 14.9 Å². The molecule has 2 rings (SSSR count). The minimum atomic E-state index is -1.44. The molecule has 8 N–H and O–H groups in total. The number of carbonyl (C=O) groups is 2. The third-order valence-corrected chi connectivity index (χ3v) is 5.29. The molecule has 1 fully saturated rings. The van der Waals surface area contributed by atoms with Crippen molar-refractivity contribution >= 4 is 11.9 Å². The van der Waals surface area contributed by atoms with Crippen molar-refractivity contribution in [1.29, 1.82) is 0 Å². The molecule has 1 aliphatic heterocycles. The number of aliphatic carboxylic acids is 1. The number of ether oxygens (including phenoxy) is 1. The molecule has 1 aromatic rings. The predicted molar refractivity (Wildman–Crippen MR) is 114 cm³/mol. The Morgan fingerprint density at radius 3 is 2.34 bits per heavy atom. The van der Waals surface area contributed by atoms with Crippen LogP contribution >= 0.6 is 0 Å². The fourth-order valence-electron chi connectivity index (χ4n) is 3.41. The topological polar surface area (TPSA) is 181 Å². The van der Waals surface area contributed by atoms with Crippen molar-refractivity contribution < 1.29 is 39.9 Å². The summed E-state index contributed by atoms with van der Waals surface area (Å²) in [5.41, 5.74) is 0.536. The second kappa shape index (κ2) is 13.4. The first kappa shape index (κ1) is 26.1. The summed E-state index contributed by atoms with van der Waals surface area (Å²) in [6.07, 6.45) is -4.64. The van der Waals surface area contributed by atoms with Crippen molar-refractivity contribution in [2.24, 2.45) is 0 Å². The van der Waals surface area contributed by atoms with Gasteiger partial charge in [-0.25, -0.2) is 0 Å². The van der Waals surface area contributed by atoms with Crippen molar-refractivity contribution in [3.63, 3.8) is 0 Å². The number of carboxylic acid groups (broad SMARTS) is 1. The highest BCUT2D eigenvalue weighted by Crippen LogP contribution is 2.19. The first-order chi connectivity index (χ1) is 15.3. The van der Waals surface area contributed by atoms with E-state index in [9.17, 15) is 35.1 Å². The lowest BCUT2D eigenvalue weighted by Gasteiger charge is -2.40. The van der Waals surface area contributed by atoms with Gasteiger partial charge in [-0.1, -0.05) is 24.6 Å². The van der Waals surface area contributed by atoms with Gasteiger partial charge in [0.2, 0.25) is 0 Å². The van der Waals surface area contributed by atoms with E-state index in [1.165, 1.54) is 0 Å². The van der Waals surface area contributed by atoms with Crippen LogP contribution in [0.3, 0.4) is 0 Å². The van der Waals surface area contributed by atoms with Gasteiger partial charge in [0, 0.05) is 18.7 Å². The Hall–Kier alpha value is -2.12. The SMILES string of the molecule is O=C(NCCN[C@@H](CCCCNC1O[C@H](CO)[C@@H](O)[C@H](O)[C@H]1O)C(=O)O)c1ccccc1. The van der Waals surface area contributed by atoms with Crippen LogP contribution in [0.25, 0.3) is 0 Å². The summed E-state index contributed by atoms with van der Waals surface area (Å²) >= 11 is 0. The largest absolute Gasteiger partial charge is 0.480 e. The van der Waals surface area contributed by atoms with Crippen LogP contribution in [-0.4, -0.2) is 100 Å². The van der Waals surface area contributed by atoms with Crippen molar-refractivity contribution in [3.8, 4) is 0 Å². The maximum Gasteiger partial charge on any atom is 0.320 e. The van der Waals surface area contributed by atoms with Gasteiger partial charge in [0.25, 0.3) is 5.91 Å². The highest BCUT2D eigenvalue weighted by Gasteiger charge is 2.43. The van der Waals surface area contributed by atoms with Gasteiger partial charge < -0.3 is 40.9 Å². The van der Waals surface area contributed by atoms with E-state index in [4.69, 9.17) is 4.74 Å². The summed E-state index contributed by atoms with van der Waals surface area (Å²) in [5.74, 6) is -1.21. The zero-order valence-corrected chi connectivity index (χ0v) is 17.8. The highest BCUT2D eigenvalue weighted by atomic mass is 16.6. The van der Waals surface area contributed by atoms with E-state index in [-0.39, 0.29) is 12.5 Å². The highest BCUT2D eigenvalue weighted by molar-refractivity contribution is 5.94. The van der Waals surface area contributed by atoms with Gasteiger partial charge in [-0.15, -0.1) is 0 Å². The van der Waals surface area contributed by atoms with Gasteiger partial charge in [-0.2, -0.15) is 0 Å². The smallest absolute Gasteiger partial charge is 0.320 e. The Labute approximate surface area is 186 Å². The van der Waals surface area contributed by atoms with Gasteiger partial charge in [-0.05, 0) is 31.5 Å². The van der Waals surface area contributed by atoms with E-state index >= 15 is 0 Å². The van der Waals surface area contributed by atoms with Crippen molar-refractivity contribution in [2.75, 3.05) is 26.2 Å². The number of carboxylic acids is 1. The molecule has 0 radical (unpaired) electrons. The number of rotatable bonds is 13. The normalized spacial score (nSPS) is 26.4. The molecule has 32 heavy (non-hydrogen) atoms. The average Bonchev–Trinajstić information content (AvgIpc) is 2.80. The zero-order chi connectivity index (χ0) is 23.5. The quantitative estimate of drug-likeness (QED) is 0.155. The number of hydrogen-bond acceptors (Lipinski definition) is 9. The van der Waals surface area contributed by atoms with Crippen LogP contribution in [0.15, 0.2) is 30.3 Å². The molecule has 0 spiro atoms. The molecular weight excluding hydrogens is 422 g/mol.